The van der Waals surface area contributed by atoms with Crippen LogP contribution in [0.25, 0.3) is 16.7 Å². The van der Waals surface area contributed by atoms with Crippen LogP contribution in [0.1, 0.15) is 41.3 Å². The Morgan fingerprint density at radius 1 is 1.25 bits per heavy atom. The number of carbonyl (C=O) groups excluding carboxylic acids is 1. The van der Waals surface area contributed by atoms with Crippen molar-refractivity contribution in [2.75, 3.05) is 31.9 Å². The molecule has 1 aliphatic carbocycles. The molecular formula is C26H29FN4O. The standard InChI is InChI=1S/C26H29FN4O/c1-2-31-12-10-20(15-31)16-3-5-17(6-4-16)22-14-23(25(28)30-24(22)27)18-7-8-21-19(13-18)9-11-29-26(21)32/h3,5-8,13-14,16,20H,2,4,9-12,15H2,1H3,(H2,28,30)(H,29,32). The van der Waals surface area contributed by atoms with Crippen LogP contribution in [0.15, 0.2) is 42.5 Å². The molecule has 1 saturated heterocycles. The van der Waals surface area contributed by atoms with Gasteiger partial charge in [0.2, 0.25) is 5.95 Å². The molecule has 2 unspecified atom stereocenters. The Labute approximate surface area is 188 Å². The van der Waals surface area contributed by atoms with Gasteiger partial charge in [0.25, 0.3) is 5.91 Å². The minimum Gasteiger partial charge on any atom is -0.383 e. The van der Waals surface area contributed by atoms with Gasteiger partial charge in [0, 0.05) is 29.8 Å². The Morgan fingerprint density at radius 2 is 2.12 bits per heavy atom. The monoisotopic (exact) mass is 432 g/mol. The van der Waals surface area contributed by atoms with Gasteiger partial charge in [-0.2, -0.15) is 4.39 Å². The van der Waals surface area contributed by atoms with E-state index in [2.05, 4.69) is 34.3 Å². The van der Waals surface area contributed by atoms with Gasteiger partial charge >= 0.3 is 0 Å². The number of amides is 1. The number of likely N-dealkylation sites (tertiary alicyclic amines) is 1. The number of anilines is 1. The lowest BCUT2D eigenvalue weighted by atomic mass is 9.83. The quantitative estimate of drug-likeness (QED) is 0.715. The van der Waals surface area contributed by atoms with Crippen molar-refractivity contribution in [2.45, 2.75) is 26.2 Å². The summed E-state index contributed by atoms with van der Waals surface area (Å²) >= 11 is 0. The fourth-order valence-electron chi connectivity index (χ4n) is 5.22. The molecule has 1 aromatic heterocycles. The number of nitrogens with zero attached hydrogens (tertiary/aromatic N) is 2. The van der Waals surface area contributed by atoms with Crippen molar-refractivity contribution in [2.24, 2.45) is 11.8 Å². The van der Waals surface area contributed by atoms with Crippen molar-refractivity contribution < 1.29 is 9.18 Å². The molecule has 166 valence electrons. The lowest BCUT2D eigenvalue weighted by Gasteiger charge is -2.23. The van der Waals surface area contributed by atoms with E-state index in [-0.39, 0.29) is 11.7 Å². The minimum absolute atomic E-state index is 0.0555. The van der Waals surface area contributed by atoms with E-state index in [9.17, 15) is 9.18 Å². The van der Waals surface area contributed by atoms with Gasteiger partial charge in [0.15, 0.2) is 0 Å². The molecule has 2 atom stereocenters. The van der Waals surface area contributed by atoms with E-state index < -0.39 is 5.95 Å². The van der Waals surface area contributed by atoms with Gasteiger partial charge in [0.05, 0.1) is 0 Å². The summed E-state index contributed by atoms with van der Waals surface area (Å²) in [6.07, 6.45) is 9.33. The summed E-state index contributed by atoms with van der Waals surface area (Å²) in [6, 6.07) is 7.45. The van der Waals surface area contributed by atoms with E-state index in [4.69, 9.17) is 5.73 Å². The molecule has 3 aliphatic rings. The summed E-state index contributed by atoms with van der Waals surface area (Å²) < 4.78 is 14.8. The Kier molecular flexibility index (Phi) is 5.55. The highest BCUT2D eigenvalue weighted by Gasteiger charge is 2.28. The molecule has 1 aromatic carbocycles. The summed E-state index contributed by atoms with van der Waals surface area (Å²) in [4.78, 5) is 18.6. The van der Waals surface area contributed by atoms with E-state index in [0.717, 1.165) is 42.6 Å². The van der Waals surface area contributed by atoms with E-state index in [0.29, 0.717) is 35.1 Å². The van der Waals surface area contributed by atoms with Crippen LogP contribution in [0.2, 0.25) is 0 Å². The molecule has 3 heterocycles. The minimum atomic E-state index is -0.545. The van der Waals surface area contributed by atoms with Crippen LogP contribution in [-0.4, -0.2) is 42.0 Å². The molecule has 5 rings (SSSR count). The molecule has 1 amide bonds. The van der Waals surface area contributed by atoms with Crippen molar-refractivity contribution in [3.8, 4) is 11.1 Å². The van der Waals surface area contributed by atoms with Crippen LogP contribution >= 0.6 is 0 Å². The van der Waals surface area contributed by atoms with Crippen LogP contribution in [0, 0.1) is 17.8 Å². The second-order valence-corrected chi connectivity index (χ2v) is 9.00. The molecule has 0 bridgehead atoms. The summed E-state index contributed by atoms with van der Waals surface area (Å²) in [6.45, 7) is 6.25. The number of carbonyl (C=O) groups is 1. The zero-order valence-electron chi connectivity index (χ0n) is 18.4. The first-order valence-electron chi connectivity index (χ1n) is 11.5. The number of benzene rings is 1. The number of nitrogens with two attached hydrogens (primary N) is 1. The summed E-state index contributed by atoms with van der Waals surface area (Å²) in [5, 5.41) is 2.85. The number of aromatic nitrogens is 1. The molecule has 32 heavy (non-hydrogen) atoms. The predicted molar refractivity (Wildman–Crippen MR) is 126 cm³/mol. The van der Waals surface area contributed by atoms with E-state index in [1.807, 2.05) is 24.3 Å². The first kappa shape index (κ1) is 20.9. The SMILES string of the molecule is CCN1CCC(C2C=CC(c3cc(-c4ccc5c(c4)CCNC5=O)c(N)nc3F)=CC2)C1. The highest BCUT2D eigenvalue weighted by molar-refractivity contribution is 5.97. The van der Waals surface area contributed by atoms with Crippen LogP contribution in [0.3, 0.4) is 0 Å². The van der Waals surface area contributed by atoms with Crippen LogP contribution in [0.5, 0.6) is 0 Å². The number of fused-ring (bicyclic) bond motifs is 1. The largest absolute Gasteiger partial charge is 0.383 e. The van der Waals surface area contributed by atoms with Crippen molar-refractivity contribution in [3.05, 3.63) is 65.1 Å². The molecule has 0 saturated carbocycles. The third kappa shape index (κ3) is 3.84. The number of hydrogen-bond acceptors (Lipinski definition) is 4. The number of halogens is 1. The van der Waals surface area contributed by atoms with Gasteiger partial charge in [-0.25, -0.2) is 4.98 Å². The van der Waals surface area contributed by atoms with Crippen molar-refractivity contribution in [1.82, 2.24) is 15.2 Å². The van der Waals surface area contributed by atoms with Gasteiger partial charge in [-0.3, -0.25) is 4.79 Å². The fourth-order valence-corrected chi connectivity index (χ4v) is 5.22. The van der Waals surface area contributed by atoms with Crippen LogP contribution in [-0.2, 0) is 6.42 Å². The second kappa shape index (κ2) is 8.51. The molecule has 6 heteroatoms. The summed E-state index contributed by atoms with van der Waals surface area (Å²) in [5.41, 5.74) is 10.7. The topological polar surface area (TPSA) is 71.2 Å². The normalized spacial score (nSPS) is 23.1. The number of hydrogen-bond donors (Lipinski definition) is 2. The highest BCUT2D eigenvalue weighted by Crippen LogP contribution is 2.36. The molecule has 5 nitrogen and oxygen atoms in total. The van der Waals surface area contributed by atoms with Crippen molar-refractivity contribution in [1.29, 1.82) is 0 Å². The van der Waals surface area contributed by atoms with Gasteiger partial charge < -0.3 is 16.0 Å². The molecule has 2 aliphatic heterocycles. The van der Waals surface area contributed by atoms with E-state index in [1.165, 1.54) is 13.0 Å². The molecule has 0 radical (unpaired) electrons. The van der Waals surface area contributed by atoms with Crippen molar-refractivity contribution in [3.63, 3.8) is 0 Å². The van der Waals surface area contributed by atoms with Crippen LogP contribution < -0.4 is 11.1 Å². The predicted octanol–water partition coefficient (Wildman–Crippen LogP) is 4.06. The zero-order chi connectivity index (χ0) is 22.2. The van der Waals surface area contributed by atoms with E-state index in [1.54, 1.807) is 6.07 Å². The summed E-state index contributed by atoms with van der Waals surface area (Å²) in [7, 11) is 0. The maximum absolute atomic E-state index is 14.8. The first-order chi connectivity index (χ1) is 15.5. The lowest BCUT2D eigenvalue weighted by molar-refractivity contribution is 0.0946. The smallest absolute Gasteiger partial charge is 0.251 e. The fraction of sp³-hybridized carbons (Fsp3) is 0.385. The Morgan fingerprint density at radius 3 is 2.88 bits per heavy atom. The van der Waals surface area contributed by atoms with Gasteiger partial charge in [-0.1, -0.05) is 37.3 Å². The Hall–Kier alpha value is -2.99. The van der Waals surface area contributed by atoms with Gasteiger partial charge in [-0.15, -0.1) is 0 Å². The van der Waals surface area contributed by atoms with E-state index >= 15 is 0 Å². The molecular weight excluding hydrogens is 403 g/mol. The molecule has 2 aromatic rings. The number of rotatable bonds is 4. The maximum atomic E-state index is 14.8. The van der Waals surface area contributed by atoms with Gasteiger partial charge in [-0.05, 0) is 73.0 Å². The highest BCUT2D eigenvalue weighted by atomic mass is 19.1. The third-order valence-electron chi connectivity index (χ3n) is 7.15. The average Bonchev–Trinajstić information content (AvgIpc) is 3.29. The zero-order valence-corrected chi connectivity index (χ0v) is 18.4. The molecule has 1 fully saturated rings. The summed E-state index contributed by atoms with van der Waals surface area (Å²) in [5.74, 6) is 0.736. The van der Waals surface area contributed by atoms with Gasteiger partial charge in [0.1, 0.15) is 5.82 Å². The first-order valence-corrected chi connectivity index (χ1v) is 11.5. The third-order valence-corrected chi connectivity index (χ3v) is 7.15. The number of nitrogen functional groups attached to an aromatic ring is 1. The molecule has 3 N–H and O–H groups in total. The van der Waals surface area contributed by atoms with Crippen LogP contribution in [0.4, 0.5) is 10.2 Å². The Balaban J connectivity index is 1.41. The maximum Gasteiger partial charge on any atom is 0.251 e. The second-order valence-electron chi connectivity index (χ2n) is 9.00. The number of pyridine rings is 1. The Bertz CT molecular complexity index is 1120. The average molecular weight is 433 g/mol. The lowest BCUT2D eigenvalue weighted by Crippen LogP contribution is -2.31. The number of allylic oxidation sites excluding steroid dienone is 4. The van der Waals surface area contributed by atoms with Crippen molar-refractivity contribution >= 4 is 17.3 Å². The number of nitrogens with one attached hydrogen (secondary N) is 1. The molecule has 0 spiro atoms.